The smallest absolute Gasteiger partial charge is 0.268 e. The van der Waals surface area contributed by atoms with E-state index in [2.05, 4.69) is 55.6 Å². The van der Waals surface area contributed by atoms with Crippen molar-refractivity contribution in [2.24, 2.45) is 0 Å². The molecule has 0 aromatic heterocycles. The minimum atomic E-state index is -4.59. The van der Waals surface area contributed by atoms with E-state index in [1.165, 1.54) is 70.6 Å². The molecule has 49 heavy (non-hydrogen) atoms. The summed E-state index contributed by atoms with van der Waals surface area (Å²) in [7, 11) is 1.22. The van der Waals surface area contributed by atoms with Crippen LogP contribution in [-0.4, -0.2) is 68.5 Å². The second-order valence-electron chi connectivity index (χ2n) is 14.3. The Hall–Kier alpha value is -1.54. The van der Waals surface area contributed by atoms with Gasteiger partial charge < -0.3 is 28.8 Å². The number of rotatable bonds is 34. The number of hydrogen-bond donors (Lipinski definition) is 2. The highest BCUT2D eigenvalue weighted by Crippen LogP contribution is 2.38. The largest absolute Gasteiger partial charge is 0.756 e. The summed E-state index contributed by atoms with van der Waals surface area (Å²) >= 11 is 0. The van der Waals surface area contributed by atoms with Crippen LogP contribution in [0.15, 0.2) is 48.6 Å². The Morgan fingerprint density at radius 1 is 0.714 bits per heavy atom. The lowest BCUT2D eigenvalue weighted by molar-refractivity contribution is -0.870. The number of nitrogens with one attached hydrogen (secondary N) is 1. The molecule has 0 heterocycles. The third-order valence-corrected chi connectivity index (χ3v) is 9.25. The van der Waals surface area contributed by atoms with Gasteiger partial charge >= 0.3 is 0 Å². The van der Waals surface area contributed by atoms with E-state index in [1.54, 1.807) is 6.08 Å². The van der Waals surface area contributed by atoms with Crippen molar-refractivity contribution in [1.29, 1.82) is 0 Å². The number of aliphatic hydroxyl groups is 1. The van der Waals surface area contributed by atoms with Crippen molar-refractivity contribution in [1.82, 2.24) is 5.32 Å². The molecular weight excluding hydrogens is 635 g/mol. The van der Waals surface area contributed by atoms with Crippen LogP contribution in [0.25, 0.3) is 0 Å². The highest BCUT2D eigenvalue weighted by atomic mass is 31.2. The average Bonchev–Trinajstić information content (AvgIpc) is 3.04. The molecule has 0 aliphatic carbocycles. The molecule has 2 N–H and O–H groups in total. The van der Waals surface area contributed by atoms with Crippen molar-refractivity contribution in [3.63, 3.8) is 0 Å². The molecule has 0 radical (unpaired) electrons. The Bertz CT molecular complexity index is 944. The summed E-state index contributed by atoms with van der Waals surface area (Å²) in [6, 6.07) is -0.907. The van der Waals surface area contributed by atoms with Crippen LogP contribution in [-0.2, 0) is 18.4 Å². The highest BCUT2D eigenvalue weighted by molar-refractivity contribution is 7.45. The number of phosphoric ester groups is 1. The molecule has 0 fully saturated rings. The summed E-state index contributed by atoms with van der Waals surface area (Å²) in [4.78, 5) is 25.1. The maximum absolute atomic E-state index is 12.8. The highest BCUT2D eigenvalue weighted by Gasteiger charge is 2.23. The van der Waals surface area contributed by atoms with Crippen molar-refractivity contribution in [3.8, 4) is 0 Å². The first kappa shape index (κ1) is 47.5. The van der Waals surface area contributed by atoms with E-state index in [9.17, 15) is 19.4 Å². The molecule has 1 amide bonds. The van der Waals surface area contributed by atoms with Gasteiger partial charge in [0.15, 0.2) is 0 Å². The van der Waals surface area contributed by atoms with Gasteiger partial charge in [-0.3, -0.25) is 9.36 Å². The minimum Gasteiger partial charge on any atom is -0.756 e. The maximum atomic E-state index is 12.8. The Balaban J connectivity index is 4.59. The van der Waals surface area contributed by atoms with Gasteiger partial charge in [-0.2, -0.15) is 0 Å². The first-order chi connectivity index (χ1) is 23.5. The average molecular weight is 711 g/mol. The van der Waals surface area contributed by atoms with Crippen LogP contribution in [0.4, 0.5) is 0 Å². The minimum absolute atomic E-state index is 0.0105. The summed E-state index contributed by atoms with van der Waals surface area (Å²) in [6.07, 6.45) is 38.6. The van der Waals surface area contributed by atoms with E-state index in [0.29, 0.717) is 17.4 Å². The monoisotopic (exact) mass is 711 g/mol. The molecule has 3 atom stereocenters. The lowest BCUT2D eigenvalue weighted by atomic mass is 10.1. The molecular formula is C40H75N2O6P. The molecule has 0 bridgehead atoms. The standard InChI is InChI=1S/C40H75N2O6P/c1-6-8-10-12-14-16-18-20-21-22-24-26-28-30-32-34-40(44)41-38(37-48-49(45,46)47-36-35-42(3,4)5)39(43)33-31-29-27-25-23-19-17-15-13-11-9-7-2/h14,16,18,20,23,25,31,33,38-39,43H,6-13,15,17,19,21-22,24,26-30,32,34-37H2,1-5H3,(H-,41,44,45,46)/b16-14-,20-18-,25-23+,33-31+. The fraction of sp³-hybridized carbons (Fsp3) is 0.775. The topological polar surface area (TPSA) is 108 Å². The summed E-state index contributed by atoms with van der Waals surface area (Å²) in [5.74, 6) is -0.224. The summed E-state index contributed by atoms with van der Waals surface area (Å²) in [5, 5.41) is 13.7. The first-order valence-electron chi connectivity index (χ1n) is 19.5. The number of unbranched alkanes of at least 4 members (excludes halogenated alkanes) is 16. The summed E-state index contributed by atoms with van der Waals surface area (Å²) in [6.45, 7) is 4.53. The van der Waals surface area contributed by atoms with Gasteiger partial charge in [0.05, 0.1) is 39.9 Å². The zero-order valence-corrected chi connectivity index (χ0v) is 33.0. The second-order valence-corrected chi connectivity index (χ2v) is 15.7. The maximum Gasteiger partial charge on any atom is 0.268 e. The van der Waals surface area contributed by atoms with Crippen LogP contribution in [0.5, 0.6) is 0 Å². The first-order valence-corrected chi connectivity index (χ1v) is 21.0. The van der Waals surface area contributed by atoms with E-state index < -0.39 is 26.6 Å². The van der Waals surface area contributed by atoms with Crippen molar-refractivity contribution in [3.05, 3.63) is 48.6 Å². The number of nitrogens with zero attached hydrogens (tertiary/aromatic N) is 1. The molecule has 0 aromatic rings. The normalized spacial score (nSPS) is 15.2. The van der Waals surface area contributed by atoms with E-state index >= 15 is 0 Å². The van der Waals surface area contributed by atoms with Gasteiger partial charge in [0.25, 0.3) is 7.82 Å². The van der Waals surface area contributed by atoms with Crippen molar-refractivity contribution in [2.75, 3.05) is 40.9 Å². The predicted octanol–water partition coefficient (Wildman–Crippen LogP) is 9.50. The van der Waals surface area contributed by atoms with Crippen LogP contribution >= 0.6 is 7.82 Å². The Kier molecular flexibility index (Phi) is 31.4. The second kappa shape index (κ2) is 32.4. The third-order valence-electron chi connectivity index (χ3n) is 8.29. The number of likely N-dealkylation sites (N-methyl/N-ethyl adjacent to an activating group) is 1. The molecule has 0 aromatic carbocycles. The fourth-order valence-corrected chi connectivity index (χ4v) is 5.82. The van der Waals surface area contributed by atoms with Gasteiger partial charge in [-0.15, -0.1) is 0 Å². The lowest BCUT2D eigenvalue weighted by Gasteiger charge is -2.29. The van der Waals surface area contributed by atoms with Crippen molar-refractivity contribution >= 4 is 13.7 Å². The van der Waals surface area contributed by atoms with Gasteiger partial charge in [-0.25, -0.2) is 0 Å². The van der Waals surface area contributed by atoms with Crippen molar-refractivity contribution < 1.29 is 32.9 Å². The van der Waals surface area contributed by atoms with Crippen molar-refractivity contribution in [2.45, 2.75) is 161 Å². The fourth-order valence-electron chi connectivity index (χ4n) is 5.10. The molecule has 286 valence electrons. The molecule has 0 aliphatic heterocycles. The van der Waals surface area contributed by atoms with Crippen LogP contribution in [0, 0.1) is 0 Å². The van der Waals surface area contributed by atoms with Crippen LogP contribution in [0.3, 0.4) is 0 Å². The van der Waals surface area contributed by atoms with E-state index in [-0.39, 0.29) is 12.5 Å². The Labute approximate surface area is 301 Å². The number of phosphoric acid groups is 1. The number of amides is 1. The van der Waals surface area contributed by atoms with Gasteiger partial charge in [0, 0.05) is 6.42 Å². The third kappa shape index (κ3) is 34.7. The molecule has 0 saturated carbocycles. The number of carbonyl (C=O) groups is 1. The molecule has 9 heteroatoms. The Morgan fingerprint density at radius 3 is 1.82 bits per heavy atom. The number of hydrogen-bond acceptors (Lipinski definition) is 6. The van der Waals surface area contributed by atoms with E-state index in [4.69, 9.17) is 9.05 Å². The summed E-state index contributed by atoms with van der Waals surface area (Å²) in [5.41, 5.74) is 0. The van der Waals surface area contributed by atoms with E-state index in [1.807, 2.05) is 27.2 Å². The predicted molar refractivity (Wildman–Crippen MR) is 205 cm³/mol. The van der Waals surface area contributed by atoms with Crippen LogP contribution in [0.1, 0.15) is 149 Å². The zero-order chi connectivity index (χ0) is 36.5. The molecule has 0 saturated heterocycles. The quantitative estimate of drug-likeness (QED) is 0.0227. The van der Waals surface area contributed by atoms with Gasteiger partial charge in [-0.05, 0) is 57.8 Å². The molecule has 8 nitrogen and oxygen atoms in total. The summed E-state index contributed by atoms with van der Waals surface area (Å²) < 4.78 is 23.1. The molecule has 3 unspecified atom stereocenters. The number of aliphatic hydroxyl groups excluding tert-OH is 1. The van der Waals surface area contributed by atoms with Crippen LogP contribution < -0.4 is 10.2 Å². The zero-order valence-electron chi connectivity index (χ0n) is 32.1. The SMILES string of the molecule is CCCCC/C=C\C=C/CCCCCCCCC(=O)NC(COP(=O)([O-])OCC[N+](C)(C)C)C(O)/C=C/CC/C=C/CCCCCCCC. The van der Waals surface area contributed by atoms with Gasteiger partial charge in [0.2, 0.25) is 5.91 Å². The van der Waals surface area contributed by atoms with Crippen LogP contribution in [0.2, 0.25) is 0 Å². The van der Waals surface area contributed by atoms with Gasteiger partial charge in [0.1, 0.15) is 13.2 Å². The molecule has 0 spiro atoms. The number of quaternary nitrogens is 1. The number of allylic oxidation sites excluding steroid dienone is 7. The Morgan fingerprint density at radius 2 is 1.20 bits per heavy atom. The lowest BCUT2D eigenvalue weighted by Crippen LogP contribution is -2.45. The van der Waals surface area contributed by atoms with E-state index in [0.717, 1.165) is 57.8 Å². The van der Waals surface area contributed by atoms with Gasteiger partial charge in [-0.1, -0.05) is 133 Å². The number of carbonyl (C=O) groups excluding carboxylic acids is 1. The molecule has 0 rings (SSSR count). The molecule has 0 aliphatic rings.